The Morgan fingerprint density at radius 3 is 1.50 bits per heavy atom. The number of aryl methyl sites for hydroxylation is 1. The minimum atomic E-state index is -1.14. The number of rotatable bonds is 28. The van der Waals surface area contributed by atoms with Crippen molar-refractivity contribution in [2.75, 3.05) is 31.2 Å². The molecule has 0 unspecified atom stereocenters. The lowest BCUT2D eigenvalue weighted by Gasteiger charge is -2.22. The second kappa shape index (κ2) is 23.7. The summed E-state index contributed by atoms with van der Waals surface area (Å²) >= 11 is 0. The third-order valence-electron chi connectivity index (χ3n) is 8.07. The van der Waals surface area contributed by atoms with Gasteiger partial charge in [0.2, 0.25) is 0 Å². The fourth-order valence-electron chi connectivity index (χ4n) is 5.50. The maximum Gasteiger partial charge on any atom is 0.323 e. The number of nitrogens with zero attached hydrogens (tertiary/aromatic N) is 1. The molecule has 0 spiro atoms. The lowest BCUT2D eigenvalue weighted by molar-refractivity contribution is -0.136. The normalized spacial score (nSPS) is 11.0. The molecular formula is C37H57NO8. The van der Waals surface area contributed by atoms with Crippen LogP contribution in [-0.2, 0) is 16.0 Å². The molecule has 0 saturated heterocycles. The number of ether oxygens (including phenoxy) is 2. The van der Waals surface area contributed by atoms with Crippen LogP contribution in [0, 0.1) is 0 Å². The molecular weight excluding hydrogens is 586 g/mol. The number of carboxylic acids is 2. The molecule has 46 heavy (non-hydrogen) atoms. The van der Waals surface area contributed by atoms with E-state index in [0.29, 0.717) is 43.2 Å². The highest BCUT2D eigenvalue weighted by Gasteiger charge is 2.17. The van der Waals surface area contributed by atoms with E-state index in [1.807, 2.05) is 0 Å². The first-order chi connectivity index (χ1) is 22.3. The molecule has 0 radical (unpaired) electrons. The van der Waals surface area contributed by atoms with Crippen LogP contribution in [0.2, 0.25) is 0 Å². The van der Waals surface area contributed by atoms with Gasteiger partial charge in [-0.25, -0.2) is 0 Å². The minimum Gasteiger partial charge on any atom is -0.504 e. The number of anilines is 1. The number of aromatic hydroxyl groups is 2. The lowest BCUT2D eigenvalue weighted by Crippen LogP contribution is -2.34. The predicted octanol–water partition coefficient (Wildman–Crippen LogP) is 8.73. The molecule has 2 aromatic rings. The van der Waals surface area contributed by atoms with Gasteiger partial charge in [-0.05, 0) is 37.0 Å². The third-order valence-corrected chi connectivity index (χ3v) is 8.07. The van der Waals surface area contributed by atoms with E-state index in [1.165, 1.54) is 107 Å². The molecule has 0 saturated carbocycles. The molecule has 0 heterocycles. The summed E-state index contributed by atoms with van der Waals surface area (Å²) in [4.78, 5) is 24.1. The Labute approximate surface area is 275 Å². The molecule has 0 aliphatic carbocycles. The van der Waals surface area contributed by atoms with Crippen LogP contribution in [0.3, 0.4) is 0 Å². The number of carbonyl (C=O) groups is 2. The SMILES string of the molecule is CCCCCCCCCCCCCCCCCCOc1cc(OCCCc2ccc(O)c(O)c2)cc(N(CC(=O)O)CC(=O)O)c1. The molecule has 258 valence electrons. The standard InChI is InChI=1S/C37H57NO8/c1-2-3-4-5-6-7-8-9-10-11-12-13-14-15-16-17-22-45-32-25-31(38(28-36(41)42)29-37(43)44)26-33(27-32)46-23-18-19-30-20-21-34(39)35(40)24-30/h20-21,24-27,39-40H,2-19,22-23,28-29H2,1H3,(H,41,42)(H,43,44). The van der Waals surface area contributed by atoms with Crippen LogP contribution in [0.5, 0.6) is 23.0 Å². The predicted molar refractivity (Wildman–Crippen MR) is 183 cm³/mol. The number of benzene rings is 2. The van der Waals surface area contributed by atoms with Crippen LogP contribution in [-0.4, -0.2) is 58.7 Å². The first-order valence-electron chi connectivity index (χ1n) is 17.4. The summed E-state index contributed by atoms with van der Waals surface area (Å²) in [6, 6.07) is 9.70. The number of hydrogen-bond acceptors (Lipinski definition) is 7. The van der Waals surface area contributed by atoms with Crippen LogP contribution < -0.4 is 14.4 Å². The van der Waals surface area contributed by atoms with Gasteiger partial charge >= 0.3 is 11.9 Å². The first-order valence-corrected chi connectivity index (χ1v) is 17.4. The molecule has 0 aliphatic rings. The van der Waals surface area contributed by atoms with Crippen molar-refractivity contribution in [3.05, 3.63) is 42.0 Å². The van der Waals surface area contributed by atoms with Gasteiger partial charge in [0.15, 0.2) is 11.5 Å². The molecule has 0 amide bonds. The summed E-state index contributed by atoms with van der Waals surface area (Å²) < 4.78 is 12.0. The number of carboxylic acid groups (broad SMARTS) is 2. The topological polar surface area (TPSA) is 137 Å². The van der Waals surface area contributed by atoms with Crippen LogP contribution in [0.15, 0.2) is 36.4 Å². The maximum atomic E-state index is 11.4. The Morgan fingerprint density at radius 1 is 0.587 bits per heavy atom. The fourth-order valence-corrected chi connectivity index (χ4v) is 5.50. The molecule has 0 bridgehead atoms. The Hall–Kier alpha value is -3.62. The first kappa shape index (κ1) is 38.6. The van der Waals surface area contributed by atoms with E-state index < -0.39 is 25.0 Å². The summed E-state index contributed by atoms with van der Waals surface area (Å²) in [5.41, 5.74) is 1.25. The van der Waals surface area contributed by atoms with Gasteiger partial charge in [0.25, 0.3) is 0 Å². The molecule has 0 aromatic heterocycles. The average Bonchev–Trinajstić information content (AvgIpc) is 3.01. The molecule has 4 N–H and O–H groups in total. The van der Waals surface area contributed by atoms with Crippen molar-refractivity contribution in [1.82, 2.24) is 0 Å². The van der Waals surface area contributed by atoms with Crippen LogP contribution in [0.1, 0.15) is 122 Å². The van der Waals surface area contributed by atoms with Gasteiger partial charge in [-0.15, -0.1) is 0 Å². The fraction of sp³-hybridized carbons (Fsp3) is 0.622. The number of unbranched alkanes of at least 4 members (excludes halogenated alkanes) is 15. The zero-order chi connectivity index (χ0) is 33.4. The summed E-state index contributed by atoms with van der Waals surface area (Å²) in [6.07, 6.45) is 21.9. The average molecular weight is 644 g/mol. The minimum absolute atomic E-state index is 0.170. The summed E-state index contributed by atoms with van der Waals surface area (Å²) in [7, 11) is 0. The van der Waals surface area contributed by atoms with Crippen molar-refractivity contribution >= 4 is 17.6 Å². The number of aliphatic carboxylic acids is 2. The van der Waals surface area contributed by atoms with Crippen LogP contribution in [0.4, 0.5) is 5.69 Å². The molecule has 0 fully saturated rings. The maximum absolute atomic E-state index is 11.4. The Morgan fingerprint density at radius 2 is 1.04 bits per heavy atom. The van der Waals surface area contributed by atoms with E-state index in [2.05, 4.69) is 6.92 Å². The molecule has 0 aliphatic heterocycles. The third kappa shape index (κ3) is 17.8. The van der Waals surface area contributed by atoms with E-state index >= 15 is 0 Å². The van der Waals surface area contributed by atoms with E-state index in [0.717, 1.165) is 18.4 Å². The van der Waals surface area contributed by atoms with Crippen molar-refractivity contribution in [3.63, 3.8) is 0 Å². The monoisotopic (exact) mass is 643 g/mol. The van der Waals surface area contributed by atoms with Gasteiger partial charge in [-0.3, -0.25) is 9.59 Å². The molecule has 2 aromatic carbocycles. The quantitative estimate of drug-likeness (QED) is 0.0530. The van der Waals surface area contributed by atoms with Gasteiger partial charge in [0.05, 0.1) is 13.2 Å². The van der Waals surface area contributed by atoms with Gasteiger partial charge in [-0.2, -0.15) is 0 Å². The highest BCUT2D eigenvalue weighted by molar-refractivity contribution is 5.80. The van der Waals surface area contributed by atoms with Crippen molar-refractivity contribution in [3.8, 4) is 23.0 Å². The Kier molecular flexibility index (Phi) is 19.9. The van der Waals surface area contributed by atoms with Crippen LogP contribution in [0.25, 0.3) is 0 Å². The second-order valence-corrected chi connectivity index (χ2v) is 12.2. The molecule has 0 atom stereocenters. The van der Waals surface area contributed by atoms with E-state index in [9.17, 15) is 30.0 Å². The lowest BCUT2D eigenvalue weighted by atomic mass is 10.0. The zero-order valence-corrected chi connectivity index (χ0v) is 27.9. The van der Waals surface area contributed by atoms with E-state index in [1.54, 1.807) is 24.3 Å². The van der Waals surface area contributed by atoms with Gasteiger partial charge in [0.1, 0.15) is 24.6 Å². The summed E-state index contributed by atoms with van der Waals surface area (Å²) in [6.45, 7) is 2.15. The Bertz CT molecular complexity index is 1120. The van der Waals surface area contributed by atoms with Gasteiger partial charge in [-0.1, -0.05) is 109 Å². The number of hydrogen-bond donors (Lipinski definition) is 4. The smallest absolute Gasteiger partial charge is 0.323 e. The van der Waals surface area contributed by atoms with Crippen molar-refractivity contribution < 1.29 is 39.5 Å². The van der Waals surface area contributed by atoms with Crippen LogP contribution >= 0.6 is 0 Å². The zero-order valence-electron chi connectivity index (χ0n) is 27.9. The van der Waals surface area contributed by atoms with Crippen molar-refractivity contribution in [2.45, 2.75) is 122 Å². The van der Waals surface area contributed by atoms with Gasteiger partial charge < -0.3 is 34.8 Å². The highest BCUT2D eigenvalue weighted by Crippen LogP contribution is 2.30. The van der Waals surface area contributed by atoms with Gasteiger partial charge in [0, 0.05) is 23.9 Å². The number of phenols is 2. The molecule has 2 rings (SSSR count). The highest BCUT2D eigenvalue weighted by atomic mass is 16.5. The Balaban J connectivity index is 1.75. The number of phenolic OH excluding ortho intramolecular Hbond substituents is 2. The summed E-state index contributed by atoms with van der Waals surface area (Å²) in [5, 5.41) is 37.9. The van der Waals surface area contributed by atoms with Crippen molar-refractivity contribution in [1.29, 1.82) is 0 Å². The van der Waals surface area contributed by atoms with E-state index in [-0.39, 0.29) is 11.5 Å². The second-order valence-electron chi connectivity index (χ2n) is 12.2. The molecule has 9 heteroatoms. The molecule has 9 nitrogen and oxygen atoms in total. The largest absolute Gasteiger partial charge is 0.504 e. The van der Waals surface area contributed by atoms with E-state index in [4.69, 9.17) is 9.47 Å². The summed E-state index contributed by atoms with van der Waals surface area (Å²) in [5.74, 6) is -1.67. The van der Waals surface area contributed by atoms with Crippen molar-refractivity contribution in [2.24, 2.45) is 0 Å².